The predicted molar refractivity (Wildman–Crippen MR) is 114 cm³/mol. The molecule has 2 aliphatic heterocycles. The number of methoxy groups -OCH3 is 2. The molecule has 1 spiro atoms. The van der Waals surface area contributed by atoms with Crippen molar-refractivity contribution in [2.24, 2.45) is 5.41 Å². The van der Waals surface area contributed by atoms with E-state index in [1.807, 2.05) is 23.1 Å². The Morgan fingerprint density at radius 2 is 1.87 bits per heavy atom. The number of nitriles is 1. The van der Waals surface area contributed by atoms with Crippen LogP contribution in [-0.4, -0.2) is 56.1 Å². The van der Waals surface area contributed by atoms with Crippen molar-refractivity contribution in [1.29, 1.82) is 5.26 Å². The Hall–Kier alpha value is -3.04. The fraction of sp³-hybridized carbons (Fsp3) is 0.417. The Kier molecular flexibility index (Phi) is 5.65. The third kappa shape index (κ3) is 3.99. The van der Waals surface area contributed by atoms with E-state index in [1.54, 1.807) is 32.4 Å². The van der Waals surface area contributed by atoms with E-state index in [0.717, 1.165) is 45.6 Å². The Bertz CT molecular complexity index is 984. The van der Waals surface area contributed by atoms with Gasteiger partial charge in [-0.1, -0.05) is 12.1 Å². The topological polar surface area (TPSA) is 65.8 Å². The van der Waals surface area contributed by atoms with Crippen molar-refractivity contribution in [2.45, 2.75) is 19.4 Å². The zero-order valence-corrected chi connectivity index (χ0v) is 17.6. The number of amides is 1. The second-order valence-corrected chi connectivity index (χ2v) is 8.32. The van der Waals surface area contributed by atoms with Crippen molar-refractivity contribution in [1.82, 2.24) is 9.80 Å². The molecule has 2 aromatic rings. The van der Waals surface area contributed by atoms with Gasteiger partial charge in [0, 0.05) is 37.2 Å². The van der Waals surface area contributed by atoms with Crippen molar-refractivity contribution in [2.75, 3.05) is 40.4 Å². The van der Waals surface area contributed by atoms with Crippen LogP contribution in [0, 0.1) is 16.7 Å². The molecule has 0 saturated carbocycles. The fourth-order valence-corrected chi connectivity index (χ4v) is 4.75. The summed E-state index contributed by atoms with van der Waals surface area (Å²) in [6.45, 7) is 4.43. The van der Waals surface area contributed by atoms with Crippen LogP contribution in [0.25, 0.3) is 0 Å². The monoisotopic (exact) mass is 405 g/mol. The lowest BCUT2D eigenvalue weighted by atomic mass is 9.86. The maximum absolute atomic E-state index is 13.1. The average molecular weight is 405 g/mol. The van der Waals surface area contributed by atoms with Crippen LogP contribution in [0.15, 0.2) is 42.5 Å². The number of likely N-dealkylation sites (tertiary alicyclic amines) is 2. The summed E-state index contributed by atoms with van der Waals surface area (Å²) in [6.07, 6.45) is 2.13. The fourth-order valence-electron chi connectivity index (χ4n) is 4.75. The first-order valence-electron chi connectivity index (χ1n) is 10.3. The Morgan fingerprint density at radius 1 is 1.07 bits per heavy atom. The average Bonchev–Trinajstić information content (AvgIpc) is 3.39. The summed E-state index contributed by atoms with van der Waals surface area (Å²) in [6, 6.07) is 15.4. The van der Waals surface area contributed by atoms with Gasteiger partial charge in [0.25, 0.3) is 5.91 Å². The number of carbonyl (C=O) groups excluding carboxylic acids is 1. The minimum Gasteiger partial charge on any atom is -0.493 e. The SMILES string of the molecule is COc1ccc(C(=O)N2CCC3(CCN(Cc4cccc(C#N)c4)C3)C2)cc1OC. The molecule has 0 radical (unpaired) electrons. The quantitative estimate of drug-likeness (QED) is 0.764. The first-order chi connectivity index (χ1) is 14.6. The molecule has 2 aliphatic rings. The van der Waals surface area contributed by atoms with Gasteiger partial charge in [-0.05, 0) is 55.3 Å². The number of ether oxygens (including phenoxy) is 2. The molecule has 156 valence electrons. The molecule has 6 heteroatoms. The molecule has 30 heavy (non-hydrogen) atoms. The molecule has 2 aromatic carbocycles. The van der Waals surface area contributed by atoms with Gasteiger partial charge < -0.3 is 14.4 Å². The van der Waals surface area contributed by atoms with E-state index in [9.17, 15) is 4.79 Å². The largest absolute Gasteiger partial charge is 0.493 e. The zero-order valence-electron chi connectivity index (χ0n) is 17.6. The Morgan fingerprint density at radius 3 is 2.63 bits per heavy atom. The molecule has 4 rings (SSSR count). The minimum absolute atomic E-state index is 0.0491. The van der Waals surface area contributed by atoms with Gasteiger partial charge in [-0.2, -0.15) is 5.26 Å². The van der Waals surface area contributed by atoms with Crippen LogP contribution in [0.3, 0.4) is 0 Å². The summed E-state index contributed by atoms with van der Waals surface area (Å²) in [7, 11) is 3.17. The van der Waals surface area contributed by atoms with Crippen molar-refractivity contribution in [3.05, 3.63) is 59.2 Å². The van der Waals surface area contributed by atoms with Gasteiger partial charge in [0.1, 0.15) is 0 Å². The standard InChI is InChI=1S/C24H27N3O3/c1-29-21-7-6-20(13-22(21)30-2)23(28)27-11-9-24(17-27)8-10-26(16-24)15-19-5-3-4-18(12-19)14-25/h3-7,12-13H,8-11,15-17H2,1-2H3. The molecule has 0 bridgehead atoms. The molecular formula is C24H27N3O3. The number of rotatable bonds is 5. The Labute approximate surface area is 177 Å². The van der Waals surface area contributed by atoms with Crippen LogP contribution >= 0.6 is 0 Å². The van der Waals surface area contributed by atoms with Crippen LogP contribution in [0.1, 0.15) is 34.3 Å². The summed E-state index contributed by atoms with van der Waals surface area (Å²) in [5, 5.41) is 9.11. The van der Waals surface area contributed by atoms with E-state index in [4.69, 9.17) is 14.7 Å². The highest BCUT2D eigenvalue weighted by Crippen LogP contribution is 2.40. The predicted octanol–water partition coefficient (Wildman–Crippen LogP) is 3.31. The van der Waals surface area contributed by atoms with Gasteiger partial charge in [-0.25, -0.2) is 0 Å². The molecule has 6 nitrogen and oxygen atoms in total. The maximum Gasteiger partial charge on any atom is 0.254 e. The van der Waals surface area contributed by atoms with Gasteiger partial charge in [0.05, 0.1) is 25.9 Å². The molecule has 0 N–H and O–H groups in total. The lowest BCUT2D eigenvalue weighted by molar-refractivity contribution is 0.0772. The van der Waals surface area contributed by atoms with Crippen molar-refractivity contribution in [3.63, 3.8) is 0 Å². The number of hydrogen-bond acceptors (Lipinski definition) is 5. The summed E-state index contributed by atoms with van der Waals surface area (Å²) >= 11 is 0. The molecule has 2 saturated heterocycles. The normalized spacial score (nSPS) is 21.0. The van der Waals surface area contributed by atoms with Crippen LogP contribution < -0.4 is 9.47 Å². The third-order valence-electron chi connectivity index (χ3n) is 6.34. The molecule has 1 unspecified atom stereocenters. The summed E-state index contributed by atoms with van der Waals surface area (Å²) < 4.78 is 10.6. The van der Waals surface area contributed by atoms with E-state index in [0.29, 0.717) is 22.6 Å². The van der Waals surface area contributed by atoms with E-state index < -0.39 is 0 Å². The molecule has 1 atom stereocenters. The van der Waals surface area contributed by atoms with Crippen LogP contribution in [0.4, 0.5) is 0 Å². The molecule has 0 aromatic heterocycles. The first-order valence-corrected chi connectivity index (χ1v) is 10.3. The highest BCUT2D eigenvalue weighted by molar-refractivity contribution is 5.95. The Balaban J connectivity index is 1.40. The summed E-state index contributed by atoms with van der Waals surface area (Å²) in [5.41, 5.74) is 2.67. The van der Waals surface area contributed by atoms with E-state index in [2.05, 4.69) is 17.0 Å². The highest BCUT2D eigenvalue weighted by Gasteiger charge is 2.44. The van der Waals surface area contributed by atoms with Crippen LogP contribution in [-0.2, 0) is 6.54 Å². The lowest BCUT2D eigenvalue weighted by Gasteiger charge is -2.25. The van der Waals surface area contributed by atoms with Gasteiger partial charge in [-0.3, -0.25) is 9.69 Å². The van der Waals surface area contributed by atoms with Gasteiger partial charge in [0.15, 0.2) is 11.5 Å². The van der Waals surface area contributed by atoms with Crippen LogP contribution in [0.5, 0.6) is 11.5 Å². The molecular weight excluding hydrogens is 378 g/mol. The molecule has 2 heterocycles. The third-order valence-corrected chi connectivity index (χ3v) is 6.34. The van der Waals surface area contributed by atoms with Gasteiger partial charge in [0.2, 0.25) is 0 Å². The maximum atomic E-state index is 13.1. The lowest BCUT2D eigenvalue weighted by Crippen LogP contribution is -2.34. The second-order valence-electron chi connectivity index (χ2n) is 8.32. The molecule has 0 aliphatic carbocycles. The number of benzene rings is 2. The molecule has 2 fully saturated rings. The zero-order chi connectivity index (χ0) is 21.1. The minimum atomic E-state index is 0.0491. The van der Waals surface area contributed by atoms with Gasteiger partial charge in [-0.15, -0.1) is 0 Å². The molecule has 1 amide bonds. The number of nitrogens with zero attached hydrogens (tertiary/aromatic N) is 3. The summed E-state index contributed by atoms with van der Waals surface area (Å²) in [5.74, 6) is 1.25. The van der Waals surface area contributed by atoms with E-state index >= 15 is 0 Å². The van der Waals surface area contributed by atoms with Crippen molar-refractivity contribution in [3.8, 4) is 17.6 Å². The first kappa shape index (κ1) is 20.2. The van der Waals surface area contributed by atoms with Gasteiger partial charge >= 0.3 is 0 Å². The van der Waals surface area contributed by atoms with E-state index in [1.165, 1.54) is 5.56 Å². The van der Waals surface area contributed by atoms with Crippen molar-refractivity contribution < 1.29 is 14.3 Å². The van der Waals surface area contributed by atoms with Crippen LogP contribution in [0.2, 0.25) is 0 Å². The van der Waals surface area contributed by atoms with Crippen molar-refractivity contribution >= 4 is 5.91 Å². The highest BCUT2D eigenvalue weighted by atomic mass is 16.5. The summed E-state index contributed by atoms with van der Waals surface area (Å²) in [4.78, 5) is 17.5. The smallest absolute Gasteiger partial charge is 0.254 e. The number of carbonyl (C=O) groups is 1. The van der Waals surface area contributed by atoms with E-state index in [-0.39, 0.29) is 11.3 Å². The number of hydrogen-bond donors (Lipinski definition) is 0. The second kappa shape index (κ2) is 8.37.